The van der Waals surface area contributed by atoms with E-state index >= 15 is 0 Å². The second-order valence-corrected chi connectivity index (χ2v) is 5.13. The molecular weight excluding hydrogens is 231 g/mol. The molecule has 1 atom stereocenters. The summed E-state index contributed by atoms with van der Waals surface area (Å²) in [5.41, 5.74) is 0.565. The highest BCUT2D eigenvalue weighted by atomic mass is 19.1. The van der Waals surface area contributed by atoms with Gasteiger partial charge < -0.3 is 9.84 Å². The largest absolute Gasteiger partial charge is 0.496 e. The van der Waals surface area contributed by atoms with Crippen LogP contribution in [0.25, 0.3) is 0 Å². The van der Waals surface area contributed by atoms with Gasteiger partial charge in [-0.3, -0.25) is 0 Å². The SMILES string of the molecule is COc1ccc(F)cc1C(O)CCC1CCCC1. The normalized spacial score (nSPS) is 17.9. The smallest absolute Gasteiger partial charge is 0.124 e. The summed E-state index contributed by atoms with van der Waals surface area (Å²) in [5.74, 6) is 0.972. The van der Waals surface area contributed by atoms with E-state index in [2.05, 4.69) is 0 Å². The van der Waals surface area contributed by atoms with E-state index in [9.17, 15) is 9.50 Å². The van der Waals surface area contributed by atoms with Crippen molar-refractivity contribution in [3.05, 3.63) is 29.6 Å². The lowest BCUT2D eigenvalue weighted by molar-refractivity contribution is 0.153. The Morgan fingerprint density at radius 3 is 2.78 bits per heavy atom. The van der Waals surface area contributed by atoms with Gasteiger partial charge in [-0.25, -0.2) is 4.39 Å². The van der Waals surface area contributed by atoms with Crippen LogP contribution in [0.1, 0.15) is 50.2 Å². The summed E-state index contributed by atoms with van der Waals surface area (Å²) in [6, 6.07) is 4.30. The maximum Gasteiger partial charge on any atom is 0.124 e. The van der Waals surface area contributed by atoms with Crippen LogP contribution in [0.15, 0.2) is 18.2 Å². The summed E-state index contributed by atoms with van der Waals surface area (Å²) in [5, 5.41) is 10.2. The maximum absolute atomic E-state index is 13.2. The molecule has 0 radical (unpaired) electrons. The van der Waals surface area contributed by atoms with Gasteiger partial charge in [-0.15, -0.1) is 0 Å². The molecule has 2 nitrogen and oxygen atoms in total. The Balaban J connectivity index is 1.98. The quantitative estimate of drug-likeness (QED) is 0.862. The summed E-state index contributed by atoms with van der Waals surface area (Å²) in [7, 11) is 1.54. The van der Waals surface area contributed by atoms with E-state index in [0.717, 1.165) is 12.3 Å². The van der Waals surface area contributed by atoms with Crippen LogP contribution < -0.4 is 4.74 Å². The fourth-order valence-corrected chi connectivity index (χ4v) is 2.81. The predicted molar refractivity (Wildman–Crippen MR) is 69.1 cm³/mol. The molecule has 0 aromatic heterocycles. The molecule has 1 aromatic rings. The van der Waals surface area contributed by atoms with Crippen LogP contribution in [0.4, 0.5) is 4.39 Å². The highest BCUT2D eigenvalue weighted by molar-refractivity contribution is 5.35. The molecule has 2 rings (SSSR count). The van der Waals surface area contributed by atoms with Crippen LogP contribution in [0.3, 0.4) is 0 Å². The number of hydrogen-bond acceptors (Lipinski definition) is 2. The van der Waals surface area contributed by atoms with Crippen LogP contribution in [-0.2, 0) is 0 Å². The third-order valence-corrected chi connectivity index (χ3v) is 3.87. The Hall–Kier alpha value is -1.09. The molecule has 1 fully saturated rings. The van der Waals surface area contributed by atoms with Crippen LogP contribution in [0, 0.1) is 11.7 Å². The molecule has 0 saturated heterocycles. The Morgan fingerprint density at radius 1 is 1.39 bits per heavy atom. The molecule has 0 heterocycles. The van der Waals surface area contributed by atoms with Crippen molar-refractivity contribution >= 4 is 0 Å². The lowest BCUT2D eigenvalue weighted by atomic mass is 9.96. The second-order valence-electron chi connectivity index (χ2n) is 5.13. The number of aliphatic hydroxyl groups is 1. The lowest BCUT2D eigenvalue weighted by Gasteiger charge is -2.16. The first kappa shape index (κ1) is 13.3. The Kier molecular flexibility index (Phi) is 4.59. The zero-order valence-electron chi connectivity index (χ0n) is 10.9. The topological polar surface area (TPSA) is 29.5 Å². The van der Waals surface area contributed by atoms with Crippen molar-refractivity contribution in [2.45, 2.75) is 44.6 Å². The number of rotatable bonds is 5. The van der Waals surface area contributed by atoms with Crippen molar-refractivity contribution in [3.63, 3.8) is 0 Å². The highest BCUT2D eigenvalue weighted by Crippen LogP contribution is 2.34. The first-order chi connectivity index (χ1) is 8.70. The summed E-state index contributed by atoms with van der Waals surface area (Å²) < 4.78 is 18.4. The lowest BCUT2D eigenvalue weighted by Crippen LogP contribution is -2.04. The van der Waals surface area contributed by atoms with Gasteiger partial charge >= 0.3 is 0 Å². The van der Waals surface area contributed by atoms with Crippen molar-refractivity contribution in [2.24, 2.45) is 5.92 Å². The van der Waals surface area contributed by atoms with E-state index in [1.807, 2.05) is 0 Å². The molecule has 1 saturated carbocycles. The first-order valence-electron chi connectivity index (χ1n) is 6.72. The monoisotopic (exact) mass is 252 g/mol. The number of halogens is 1. The summed E-state index contributed by atoms with van der Waals surface area (Å²) in [6.45, 7) is 0. The molecule has 1 aliphatic rings. The number of ether oxygens (including phenoxy) is 1. The average molecular weight is 252 g/mol. The van der Waals surface area contributed by atoms with Gasteiger partial charge in [0.25, 0.3) is 0 Å². The van der Waals surface area contributed by atoms with Crippen molar-refractivity contribution in [2.75, 3.05) is 7.11 Å². The Morgan fingerprint density at radius 2 is 2.11 bits per heavy atom. The number of aliphatic hydroxyl groups excluding tert-OH is 1. The van der Waals surface area contributed by atoms with Gasteiger partial charge in [-0.1, -0.05) is 25.7 Å². The molecule has 1 aromatic carbocycles. The molecule has 18 heavy (non-hydrogen) atoms. The van der Waals surface area contributed by atoms with Gasteiger partial charge in [-0.05, 0) is 37.0 Å². The van der Waals surface area contributed by atoms with Crippen molar-refractivity contribution in [1.82, 2.24) is 0 Å². The molecule has 0 spiro atoms. The predicted octanol–water partition coefficient (Wildman–Crippen LogP) is 3.84. The fourth-order valence-electron chi connectivity index (χ4n) is 2.81. The minimum atomic E-state index is -0.628. The van der Waals surface area contributed by atoms with E-state index in [-0.39, 0.29) is 5.82 Å². The molecule has 0 amide bonds. The zero-order valence-corrected chi connectivity index (χ0v) is 10.9. The van der Waals surface area contributed by atoms with Crippen LogP contribution in [-0.4, -0.2) is 12.2 Å². The van der Waals surface area contributed by atoms with E-state index in [4.69, 9.17) is 4.74 Å². The van der Waals surface area contributed by atoms with Crippen molar-refractivity contribution < 1.29 is 14.2 Å². The van der Waals surface area contributed by atoms with Gasteiger partial charge in [0, 0.05) is 5.56 Å². The second kappa shape index (κ2) is 6.19. The van der Waals surface area contributed by atoms with Gasteiger partial charge in [0.15, 0.2) is 0 Å². The van der Waals surface area contributed by atoms with Gasteiger partial charge in [0.2, 0.25) is 0 Å². The average Bonchev–Trinajstić information content (AvgIpc) is 2.89. The van der Waals surface area contributed by atoms with E-state index in [1.54, 1.807) is 13.2 Å². The first-order valence-corrected chi connectivity index (χ1v) is 6.72. The van der Waals surface area contributed by atoms with E-state index in [0.29, 0.717) is 17.7 Å². The van der Waals surface area contributed by atoms with Gasteiger partial charge in [0.05, 0.1) is 13.2 Å². The third-order valence-electron chi connectivity index (χ3n) is 3.87. The molecule has 1 N–H and O–H groups in total. The van der Waals surface area contributed by atoms with Gasteiger partial charge in [0.1, 0.15) is 11.6 Å². The van der Waals surface area contributed by atoms with Crippen LogP contribution in [0.5, 0.6) is 5.75 Å². The Bertz CT molecular complexity index is 386. The van der Waals surface area contributed by atoms with E-state index < -0.39 is 6.10 Å². The third kappa shape index (κ3) is 3.22. The van der Waals surface area contributed by atoms with Crippen LogP contribution >= 0.6 is 0 Å². The maximum atomic E-state index is 13.2. The summed E-state index contributed by atoms with van der Waals surface area (Å²) in [6.07, 6.45) is 6.23. The highest BCUT2D eigenvalue weighted by Gasteiger charge is 2.19. The standard InChI is InChI=1S/C15H21FO2/c1-18-15-9-7-12(16)10-13(15)14(17)8-6-11-4-2-3-5-11/h7,9-11,14,17H,2-6,8H2,1H3. The number of methoxy groups -OCH3 is 1. The van der Waals surface area contributed by atoms with E-state index in [1.165, 1.54) is 37.8 Å². The molecule has 100 valence electrons. The van der Waals surface area contributed by atoms with Crippen molar-refractivity contribution in [1.29, 1.82) is 0 Å². The van der Waals surface area contributed by atoms with Crippen LogP contribution in [0.2, 0.25) is 0 Å². The summed E-state index contributed by atoms with van der Waals surface area (Å²) in [4.78, 5) is 0. The van der Waals surface area contributed by atoms with Crippen molar-refractivity contribution in [3.8, 4) is 5.75 Å². The number of benzene rings is 1. The molecule has 0 bridgehead atoms. The van der Waals surface area contributed by atoms with Gasteiger partial charge in [-0.2, -0.15) is 0 Å². The number of hydrogen-bond donors (Lipinski definition) is 1. The Labute approximate surface area is 108 Å². The molecule has 1 aliphatic carbocycles. The molecular formula is C15H21FO2. The minimum Gasteiger partial charge on any atom is -0.496 e. The minimum absolute atomic E-state index is 0.328. The fraction of sp³-hybridized carbons (Fsp3) is 0.600. The summed E-state index contributed by atoms with van der Waals surface area (Å²) >= 11 is 0. The molecule has 1 unspecified atom stereocenters. The molecule has 0 aliphatic heterocycles. The molecule has 3 heteroatoms. The zero-order chi connectivity index (χ0) is 13.0.